The van der Waals surface area contributed by atoms with Crippen molar-refractivity contribution in [3.05, 3.63) is 39.4 Å². The molecular formula is C10H10F2N2O5. The summed E-state index contributed by atoms with van der Waals surface area (Å²) in [4.78, 5) is 20.9. The number of rotatable bonds is 5. The molecule has 0 atom stereocenters. The molecule has 3 N–H and O–H groups in total. The average molecular weight is 276 g/mol. The molecule has 19 heavy (non-hydrogen) atoms. The predicted molar refractivity (Wildman–Crippen MR) is 58.4 cm³/mol. The van der Waals surface area contributed by atoms with Crippen molar-refractivity contribution in [2.24, 2.45) is 0 Å². The molecule has 0 aliphatic heterocycles. The first-order valence-corrected chi connectivity index (χ1v) is 5.07. The van der Waals surface area contributed by atoms with Gasteiger partial charge in [-0.3, -0.25) is 14.9 Å². The van der Waals surface area contributed by atoms with Crippen molar-refractivity contribution in [1.29, 1.82) is 0 Å². The molecule has 7 nitrogen and oxygen atoms in total. The number of aliphatic hydroxyl groups excluding tert-OH is 2. The van der Waals surface area contributed by atoms with Crippen LogP contribution in [0, 0.1) is 21.7 Å². The quantitative estimate of drug-likeness (QED) is 0.515. The molecule has 0 saturated carbocycles. The van der Waals surface area contributed by atoms with E-state index in [0.717, 1.165) is 0 Å². The lowest BCUT2D eigenvalue weighted by molar-refractivity contribution is -0.387. The largest absolute Gasteiger partial charge is 0.394 e. The number of nitrogens with one attached hydrogen (secondary N) is 1. The van der Waals surface area contributed by atoms with Crippen molar-refractivity contribution >= 4 is 11.6 Å². The fourth-order valence-corrected chi connectivity index (χ4v) is 1.30. The summed E-state index contributed by atoms with van der Waals surface area (Å²) in [5.41, 5.74) is -2.18. The zero-order chi connectivity index (χ0) is 14.6. The van der Waals surface area contributed by atoms with Gasteiger partial charge >= 0.3 is 5.69 Å². The van der Waals surface area contributed by atoms with E-state index in [0.29, 0.717) is 12.1 Å². The number of nitrogens with zero attached hydrogens (tertiary/aromatic N) is 1. The lowest BCUT2D eigenvalue weighted by Gasteiger charge is -2.13. The van der Waals surface area contributed by atoms with E-state index >= 15 is 0 Å². The number of nitro benzene ring substituents is 1. The molecule has 0 bridgehead atoms. The molecule has 0 aliphatic carbocycles. The number of amides is 1. The van der Waals surface area contributed by atoms with Gasteiger partial charge in [0, 0.05) is 6.07 Å². The lowest BCUT2D eigenvalue weighted by atomic mass is 10.1. The van der Waals surface area contributed by atoms with E-state index < -0.39 is 53.0 Å². The third-order valence-corrected chi connectivity index (χ3v) is 2.27. The summed E-state index contributed by atoms with van der Waals surface area (Å²) >= 11 is 0. The second-order valence-corrected chi connectivity index (χ2v) is 3.55. The SMILES string of the molecule is O=C(NC(CO)CO)c1c(F)ccc([N+](=O)[O-])c1F. The third-order valence-electron chi connectivity index (χ3n) is 2.27. The topological polar surface area (TPSA) is 113 Å². The maximum atomic E-state index is 13.6. The molecule has 9 heteroatoms. The molecule has 104 valence electrons. The van der Waals surface area contributed by atoms with Crippen molar-refractivity contribution < 1.29 is 28.7 Å². The molecule has 0 unspecified atom stereocenters. The van der Waals surface area contributed by atoms with E-state index in [1.54, 1.807) is 0 Å². The minimum absolute atomic E-state index is 0.586. The normalized spacial score (nSPS) is 10.6. The second kappa shape index (κ2) is 6.16. The Morgan fingerprint density at radius 1 is 1.37 bits per heavy atom. The number of hydrogen-bond acceptors (Lipinski definition) is 5. The van der Waals surface area contributed by atoms with Crippen molar-refractivity contribution in [2.45, 2.75) is 6.04 Å². The number of carbonyl (C=O) groups is 1. The van der Waals surface area contributed by atoms with E-state index in [9.17, 15) is 23.7 Å². The Morgan fingerprint density at radius 2 is 1.95 bits per heavy atom. The summed E-state index contributed by atoms with van der Waals surface area (Å²) in [6.45, 7) is -1.30. The van der Waals surface area contributed by atoms with Crippen LogP contribution < -0.4 is 5.32 Å². The van der Waals surface area contributed by atoms with Gasteiger partial charge in [0.15, 0.2) is 0 Å². The average Bonchev–Trinajstić information content (AvgIpc) is 2.35. The van der Waals surface area contributed by atoms with Crippen LogP contribution in [0.5, 0.6) is 0 Å². The minimum Gasteiger partial charge on any atom is -0.394 e. The van der Waals surface area contributed by atoms with Gasteiger partial charge in [-0.25, -0.2) is 4.39 Å². The molecule has 1 aromatic carbocycles. The number of carbonyl (C=O) groups excluding carboxylic acids is 1. The minimum atomic E-state index is -1.61. The molecule has 0 spiro atoms. The van der Waals surface area contributed by atoms with Gasteiger partial charge in [0.1, 0.15) is 11.4 Å². The molecule has 0 fully saturated rings. The van der Waals surface area contributed by atoms with Crippen molar-refractivity contribution in [3.8, 4) is 0 Å². The summed E-state index contributed by atoms with van der Waals surface area (Å²) in [5, 5.41) is 29.9. The fraction of sp³-hybridized carbons (Fsp3) is 0.300. The Kier molecular flexibility index (Phi) is 4.84. The maximum absolute atomic E-state index is 13.6. The van der Waals surface area contributed by atoms with E-state index in [1.807, 2.05) is 5.32 Å². The van der Waals surface area contributed by atoms with Crippen LogP contribution in [-0.2, 0) is 0 Å². The summed E-state index contributed by atoms with van der Waals surface area (Å²) in [5.74, 6) is -4.20. The summed E-state index contributed by atoms with van der Waals surface area (Å²) in [6, 6.07) is 0.0607. The highest BCUT2D eigenvalue weighted by Gasteiger charge is 2.27. The third kappa shape index (κ3) is 3.20. The molecule has 0 saturated heterocycles. The second-order valence-electron chi connectivity index (χ2n) is 3.55. The van der Waals surface area contributed by atoms with Crippen molar-refractivity contribution in [1.82, 2.24) is 5.32 Å². The Labute approximate surface area is 105 Å². The van der Waals surface area contributed by atoms with Gasteiger partial charge in [0.25, 0.3) is 5.91 Å². The zero-order valence-electron chi connectivity index (χ0n) is 9.47. The fourth-order valence-electron chi connectivity index (χ4n) is 1.30. The number of benzene rings is 1. The number of nitro groups is 1. The number of halogens is 2. The molecule has 0 radical (unpaired) electrons. The van der Waals surface area contributed by atoms with Gasteiger partial charge in [0.2, 0.25) is 5.82 Å². The van der Waals surface area contributed by atoms with Crippen molar-refractivity contribution in [2.75, 3.05) is 13.2 Å². The van der Waals surface area contributed by atoms with Gasteiger partial charge in [-0.15, -0.1) is 0 Å². The molecule has 0 heterocycles. The first-order valence-electron chi connectivity index (χ1n) is 5.07. The van der Waals surface area contributed by atoms with Gasteiger partial charge in [-0.1, -0.05) is 0 Å². The molecule has 0 aromatic heterocycles. The maximum Gasteiger partial charge on any atom is 0.305 e. The van der Waals surface area contributed by atoms with Crippen LogP contribution in [0.3, 0.4) is 0 Å². The van der Waals surface area contributed by atoms with E-state index in [2.05, 4.69) is 0 Å². The van der Waals surface area contributed by atoms with Crippen LogP contribution in [0.1, 0.15) is 10.4 Å². The van der Waals surface area contributed by atoms with Gasteiger partial charge in [-0.2, -0.15) is 4.39 Å². The number of aliphatic hydroxyl groups is 2. The van der Waals surface area contributed by atoms with Crippen molar-refractivity contribution in [3.63, 3.8) is 0 Å². The monoisotopic (exact) mass is 276 g/mol. The first kappa shape index (κ1) is 14.9. The Hall–Kier alpha value is -2.13. The summed E-state index contributed by atoms with van der Waals surface area (Å²) in [7, 11) is 0. The molecular weight excluding hydrogens is 266 g/mol. The standard InChI is InChI=1S/C10H10F2N2O5/c11-6-1-2-7(14(18)19)9(12)8(6)10(17)13-5(3-15)4-16/h1-2,5,15-16H,3-4H2,(H,13,17). The lowest BCUT2D eigenvalue weighted by Crippen LogP contribution is -2.40. The highest BCUT2D eigenvalue weighted by molar-refractivity contribution is 5.95. The Balaban J connectivity index is 3.15. The molecule has 1 amide bonds. The van der Waals surface area contributed by atoms with E-state index in [4.69, 9.17) is 10.2 Å². The van der Waals surface area contributed by atoms with Crippen LogP contribution in [0.25, 0.3) is 0 Å². The van der Waals surface area contributed by atoms with Crippen LogP contribution in [0.15, 0.2) is 12.1 Å². The first-order chi connectivity index (χ1) is 8.92. The molecule has 1 rings (SSSR count). The van der Waals surface area contributed by atoms with Gasteiger partial charge in [0.05, 0.1) is 24.2 Å². The molecule has 0 aliphatic rings. The summed E-state index contributed by atoms with van der Waals surface area (Å²) < 4.78 is 27.0. The van der Waals surface area contributed by atoms with E-state index in [-0.39, 0.29) is 0 Å². The highest BCUT2D eigenvalue weighted by Crippen LogP contribution is 2.22. The van der Waals surface area contributed by atoms with Crippen LogP contribution >= 0.6 is 0 Å². The van der Waals surface area contributed by atoms with Gasteiger partial charge < -0.3 is 15.5 Å². The van der Waals surface area contributed by atoms with Crippen LogP contribution in [0.4, 0.5) is 14.5 Å². The van der Waals surface area contributed by atoms with Gasteiger partial charge in [-0.05, 0) is 6.07 Å². The zero-order valence-corrected chi connectivity index (χ0v) is 9.47. The Morgan fingerprint density at radius 3 is 2.42 bits per heavy atom. The van der Waals surface area contributed by atoms with E-state index in [1.165, 1.54) is 0 Å². The van der Waals surface area contributed by atoms with Crippen LogP contribution in [0.2, 0.25) is 0 Å². The number of hydrogen-bond donors (Lipinski definition) is 3. The smallest absolute Gasteiger partial charge is 0.305 e. The molecule has 1 aromatic rings. The Bertz CT molecular complexity index is 505. The highest BCUT2D eigenvalue weighted by atomic mass is 19.1. The summed E-state index contributed by atoms with van der Waals surface area (Å²) in [6.07, 6.45) is 0. The van der Waals surface area contributed by atoms with Crippen LogP contribution in [-0.4, -0.2) is 40.3 Å². The predicted octanol–water partition coefficient (Wildman–Crippen LogP) is -0.0440.